The van der Waals surface area contributed by atoms with Gasteiger partial charge in [0.2, 0.25) is 10.0 Å². The number of nitrogens with one attached hydrogen (secondary N) is 1. The Balaban J connectivity index is 1.91. The number of sulfonamides is 1. The summed E-state index contributed by atoms with van der Waals surface area (Å²) in [5.41, 5.74) is 0.667. The van der Waals surface area contributed by atoms with E-state index in [1.165, 1.54) is 34.3 Å². The van der Waals surface area contributed by atoms with Crippen molar-refractivity contribution in [2.24, 2.45) is 7.05 Å². The molecule has 0 aliphatic carbocycles. The van der Waals surface area contributed by atoms with Crippen molar-refractivity contribution in [3.63, 3.8) is 0 Å². The van der Waals surface area contributed by atoms with Crippen LogP contribution in [0.15, 0.2) is 69.8 Å². The molecule has 0 radical (unpaired) electrons. The molecule has 0 aliphatic rings. The largest absolute Gasteiger partial charge is 0.329 e. The van der Waals surface area contributed by atoms with Gasteiger partial charge in [-0.2, -0.15) is 4.31 Å². The van der Waals surface area contributed by atoms with E-state index in [9.17, 15) is 13.2 Å². The summed E-state index contributed by atoms with van der Waals surface area (Å²) < 4.78 is 28.9. The third-order valence-electron chi connectivity index (χ3n) is 4.64. The van der Waals surface area contributed by atoms with Crippen LogP contribution in [-0.2, 0) is 17.1 Å². The molecule has 2 aromatic carbocycles. The van der Waals surface area contributed by atoms with E-state index in [4.69, 9.17) is 11.6 Å². The van der Waals surface area contributed by atoms with E-state index >= 15 is 0 Å². The number of benzene rings is 2. The first-order valence-electron chi connectivity index (χ1n) is 9.63. The van der Waals surface area contributed by atoms with Crippen molar-refractivity contribution in [2.75, 3.05) is 18.4 Å². The standard InChI is InChI=1S/C21H23ClN4O3S2/c1-4-26(5-2)31(28,29)15-10-11-17(22)16(14-15)20(27)24-18-8-6-7-9-19(18)30-21-23-12-13-25(21)3/h6-14H,4-5H2,1-3H3,(H,24,27). The number of nitrogens with zero attached hydrogens (tertiary/aromatic N) is 3. The molecule has 0 atom stereocenters. The highest BCUT2D eigenvalue weighted by molar-refractivity contribution is 7.99. The molecule has 1 amide bonds. The summed E-state index contributed by atoms with van der Waals surface area (Å²) in [6.45, 7) is 4.20. The van der Waals surface area contributed by atoms with Crippen LogP contribution in [0.25, 0.3) is 0 Å². The monoisotopic (exact) mass is 478 g/mol. The molecule has 0 unspecified atom stereocenters. The van der Waals surface area contributed by atoms with Crippen LogP contribution in [0.3, 0.4) is 0 Å². The molecule has 0 aliphatic heterocycles. The molecule has 0 saturated heterocycles. The molecular weight excluding hydrogens is 456 g/mol. The Morgan fingerprint density at radius 1 is 1.19 bits per heavy atom. The summed E-state index contributed by atoms with van der Waals surface area (Å²) in [7, 11) is -1.83. The second-order valence-corrected chi connectivity index (χ2v) is 9.96. The van der Waals surface area contributed by atoms with Crippen LogP contribution in [0.1, 0.15) is 24.2 Å². The van der Waals surface area contributed by atoms with Gasteiger partial charge in [0.05, 0.1) is 21.2 Å². The van der Waals surface area contributed by atoms with Gasteiger partial charge in [-0.05, 0) is 42.1 Å². The van der Waals surface area contributed by atoms with Gasteiger partial charge >= 0.3 is 0 Å². The van der Waals surface area contributed by atoms with E-state index in [1.807, 2.05) is 29.9 Å². The van der Waals surface area contributed by atoms with E-state index in [2.05, 4.69) is 10.3 Å². The molecule has 0 spiro atoms. The summed E-state index contributed by atoms with van der Waals surface area (Å²) in [5.74, 6) is -0.491. The maximum absolute atomic E-state index is 13.0. The Labute approximate surface area is 191 Å². The van der Waals surface area contributed by atoms with Crippen molar-refractivity contribution in [3.05, 3.63) is 65.4 Å². The molecule has 3 rings (SSSR count). The fraction of sp³-hybridized carbons (Fsp3) is 0.238. The summed E-state index contributed by atoms with van der Waals surface area (Å²) in [6, 6.07) is 11.5. The first-order chi connectivity index (χ1) is 14.8. The summed E-state index contributed by atoms with van der Waals surface area (Å²) >= 11 is 7.65. The van der Waals surface area contributed by atoms with Gasteiger partial charge in [0, 0.05) is 37.4 Å². The third-order valence-corrected chi connectivity index (χ3v) is 8.17. The van der Waals surface area contributed by atoms with Gasteiger partial charge in [-0.1, -0.05) is 37.6 Å². The number of imidazole rings is 1. The molecule has 0 saturated carbocycles. The van der Waals surface area contributed by atoms with Crippen LogP contribution in [0.4, 0.5) is 5.69 Å². The van der Waals surface area contributed by atoms with E-state index in [0.717, 1.165) is 10.1 Å². The lowest BCUT2D eigenvalue weighted by atomic mass is 10.2. The van der Waals surface area contributed by atoms with E-state index in [0.29, 0.717) is 18.8 Å². The average Bonchev–Trinajstić information content (AvgIpc) is 3.14. The number of hydrogen-bond donors (Lipinski definition) is 1. The zero-order valence-corrected chi connectivity index (χ0v) is 19.8. The van der Waals surface area contributed by atoms with Gasteiger partial charge in [-0.25, -0.2) is 13.4 Å². The molecule has 164 valence electrons. The number of para-hydroxylation sites is 1. The minimum absolute atomic E-state index is 0.0291. The smallest absolute Gasteiger partial charge is 0.257 e. The second-order valence-electron chi connectivity index (χ2n) is 6.60. The number of aromatic nitrogens is 2. The fourth-order valence-electron chi connectivity index (χ4n) is 2.95. The highest BCUT2D eigenvalue weighted by atomic mass is 35.5. The van der Waals surface area contributed by atoms with Crippen molar-refractivity contribution in [3.8, 4) is 0 Å². The Kier molecular flexibility index (Phi) is 7.42. The van der Waals surface area contributed by atoms with Crippen molar-refractivity contribution in [1.29, 1.82) is 0 Å². The highest BCUT2D eigenvalue weighted by Gasteiger charge is 2.24. The summed E-state index contributed by atoms with van der Waals surface area (Å²) in [5, 5.41) is 3.79. The van der Waals surface area contributed by atoms with Crippen molar-refractivity contribution < 1.29 is 13.2 Å². The quantitative estimate of drug-likeness (QED) is 0.515. The van der Waals surface area contributed by atoms with Gasteiger partial charge in [0.25, 0.3) is 5.91 Å². The van der Waals surface area contributed by atoms with E-state index in [1.54, 1.807) is 32.2 Å². The van der Waals surface area contributed by atoms with Crippen LogP contribution >= 0.6 is 23.4 Å². The molecule has 31 heavy (non-hydrogen) atoms. The van der Waals surface area contributed by atoms with Crippen LogP contribution in [0.2, 0.25) is 5.02 Å². The van der Waals surface area contributed by atoms with Crippen LogP contribution < -0.4 is 5.32 Å². The van der Waals surface area contributed by atoms with Gasteiger partial charge < -0.3 is 9.88 Å². The van der Waals surface area contributed by atoms with Crippen LogP contribution in [-0.4, -0.2) is 41.3 Å². The topological polar surface area (TPSA) is 84.3 Å². The first-order valence-corrected chi connectivity index (χ1v) is 12.3. The molecule has 1 aromatic heterocycles. The number of aryl methyl sites for hydroxylation is 1. The molecule has 0 fully saturated rings. The van der Waals surface area contributed by atoms with Crippen LogP contribution in [0.5, 0.6) is 0 Å². The predicted octanol–water partition coefficient (Wildman–Crippen LogP) is 4.51. The third kappa shape index (κ3) is 5.12. The first kappa shape index (κ1) is 23.3. The maximum atomic E-state index is 13.0. The van der Waals surface area contributed by atoms with Gasteiger partial charge in [0.1, 0.15) is 0 Å². The highest BCUT2D eigenvalue weighted by Crippen LogP contribution is 2.33. The second kappa shape index (κ2) is 9.86. The number of amides is 1. The fourth-order valence-corrected chi connectivity index (χ4v) is 5.53. The zero-order chi connectivity index (χ0) is 22.6. The van der Waals surface area contributed by atoms with Crippen LogP contribution in [0, 0.1) is 0 Å². The average molecular weight is 479 g/mol. The predicted molar refractivity (Wildman–Crippen MR) is 123 cm³/mol. The molecule has 1 N–H and O–H groups in total. The summed E-state index contributed by atoms with van der Waals surface area (Å²) in [4.78, 5) is 18.1. The zero-order valence-electron chi connectivity index (χ0n) is 17.4. The number of rotatable bonds is 8. The maximum Gasteiger partial charge on any atom is 0.257 e. The number of halogens is 1. The SMILES string of the molecule is CCN(CC)S(=O)(=O)c1ccc(Cl)c(C(=O)Nc2ccccc2Sc2nccn2C)c1. The molecule has 10 heteroatoms. The van der Waals surface area contributed by atoms with Gasteiger partial charge in [-0.3, -0.25) is 4.79 Å². The minimum Gasteiger partial charge on any atom is -0.329 e. The van der Waals surface area contributed by atoms with Gasteiger partial charge in [0.15, 0.2) is 5.16 Å². The number of carbonyl (C=O) groups is 1. The number of hydrogen-bond acceptors (Lipinski definition) is 5. The molecular formula is C21H23ClN4O3S2. The lowest BCUT2D eigenvalue weighted by Gasteiger charge is -2.19. The van der Waals surface area contributed by atoms with Gasteiger partial charge in [-0.15, -0.1) is 0 Å². The molecule has 1 heterocycles. The minimum atomic E-state index is -3.71. The Morgan fingerprint density at radius 3 is 2.55 bits per heavy atom. The molecule has 0 bridgehead atoms. The van der Waals surface area contributed by atoms with Crippen molar-refractivity contribution in [2.45, 2.75) is 28.8 Å². The van der Waals surface area contributed by atoms with Crippen molar-refractivity contribution >= 4 is 45.0 Å². The Bertz CT molecular complexity index is 1190. The number of anilines is 1. The Hall–Kier alpha value is -2.33. The van der Waals surface area contributed by atoms with E-state index < -0.39 is 15.9 Å². The molecule has 3 aromatic rings. The van der Waals surface area contributed by atoms with Crippen molar-refractivity contribution in [1.82, 2.24) is 13.9 Å². The molecule has 7 nitrogen and oxygen atoms in total. The summed E-state index contributed by atoms with van der Waals surface area (Å²) in [6.07, 6.45) is 3.54. The normalized spacial score (nSPS) is 11.6. The Morgan fingerprint density at radius 2 is 1.90 bits per heavy atom. The lowest BCUT2D eigenvalue weighted by Crippen LogP contribution is -2.30. The lowest BCUT2D eigenvalue weighted by molar-refractivity contribution is 0.102. The van der Waals surface area contributed by atoms with E-state index in [-0.39, 0.29) is 15.5 Å². The number of carbonyl (C=O) groups excluding carboxylic acids is 1.